The van der Waals surface area contributed by atoms with Crippen molar-refractivity contribution in [3.8, 4) is 0 Å². The summed E-state index contributed by atoms with van der Waals surface area (Å²) in [7, 11) is 0. The molecule has 2 aliphatic rings. The normalized spacial score (nSPS) is 52.2. The first-order valence-corrected chi connectivity index (χ1v) is 5.56. The van der Waals surface area contributed by atoms with Crippen LogP contribution in [-0.4, -0.2) is 0 Å². The molecule has 2 rings (SSSR count). The molecule has 0 spiro atoms. The predicted molar refractivity (Wildman–Crippen MR) is 52.9 cm³/mol. The van der Waals surface area contributed by atoms with Crippen molar-refractivity contribution in [2.24, 2.45) is 29.1 Å². The highest BCUT2D eigenvalue weighted by molar-refractivity contribution is 5.03. The van der Waals surface area contributed by atoms with Gasteiger partial charge in [-0.2, -0.15) is 0 Å². The van der Waals surface area contributed by atoms with Crippen LogP contribution in [0, 0.1) is 29.1 Å². The standard InChI is InChI=1S/C12H22/c1-8(2)12(4)9(3)10-5-6-11(12)7-10/h8-11H,5-7H2,1-4H3/t9-,10-,11+,12-/m1/s1. The number of fused-ring (bicyclic) bond motifs is 2. The lowest BCUT2D eigenvalue weighted by Crippen LogP contribution is -2.36. The van der Waals surface area contributed by atoms with Crippen molar-refractivity contribution in [3.05, 3.63) is 0 Å². The summed E-state index contributed by atoms with van der Waals surface area (Å²) in [5.41, 5.74) is 0.670. The molecule has 0 N–H and O–H groups in total. The van der Waals surface area contributed by atoms with Gasteiger partial charge < -0.3 is 0 Å². The number of hydrogen-bond acceptors (Lipinski definition) is 0. The first-order valence-electron chi connectivity index (χ1n) is 5.56. The number of hydrogen-bond donors (Lipinski definition) is 0. The Kier molecular flexibility index (Phi) is 1.79. The summed E-state index contributed by atoms with van der Waals surface area (Å²) in [6.45, 7) is 9.85. The van der Waals surface area contributed by atoms with Crippen LogP contribution in [0.4, 0.5) is 0 Å². The van der Waals surface area contributed by atoms with E-state index >= 15 is 0 Å². The van der Waals surface area contributed by atoms with Crippen molar-refractivity contribution in [1.29, 1.82) is 0 Å². The highest BCUT2D eigenvalue weighted by atomic mass is 14.6. The molecule has 0 aliphatic heterocycles. The second-order valence-corrected chi connectivity index (χ2v) is 5.58. The molecule has 2 bridgehead atoms. The Morgan fingerprint density at radius 2 is 1.92 bits per heavy atom. The minimum absolute atomic E-state index is 0.670. The molecule has 0 aromatic carbocycles. The Bertz CT molecular complexity index is 178. The lowest BCUT2D eigenvalue weighted by atomic mass is 9.62. The molecular weight excluding hydrogens is 144 g/mol. The van der Waals surface area contributed by atoms with Crippen molar-refractivity contribution in [1.82, 2.24) is 0 Å². The zero-order valence-corrected chi connectivity index (χ0v) is 8.93. The molecule has 0 saturated heterocycles. The first-order chi connectivity index (χ1) is 5.56. The molecule has 0 unspecified atom stereocenters. The highest BCUT2D eigenvalue weighted by Crippen LogP contribution is 2.62. The molecule has 4 atom stereocenters. The summed E-state index contributed by atoms with van der Waals surface area (Å²) in [6, 6.07) is 0. The summed E-state index contributed by atoms with van der Waals surface area (Å²) in [6.07, 6.45) is 4.58. The summed E-state index contributed by atoms with van der Waals surface area (Å²) >= 11 is 0. The topological polar surface area (TPSA) is 0 Å². The Balaban J connectivity index is 2.26. The monoisotopic (exact) mass is 166 g/mol. The molecular formula is C12H22. The van der Waals surface area contributed by atoms with Gasteiger partial charge in [-0.15, -0.1) is 0 Å². The maximum absolute atomic E-state index is 2.53. The minimum Gasteiger partial charge on any atom is -0.0622 e. The molecule has 0 nitrogen and oxygen atoms in total. The van der Waals surface area contributed by atoms with Crippen molar-refractivity contribution in [2.75, 3.05) is 0 Å². The van der Waals surface area contributed by atoms with Gasteiger partial charge in [0.25, 0.3) is 0 Å². The molecule has 70 valence electrons. The van der Waals surface area contributed by atoms with Crippen molar-refractivity contribution in [3.63, 3.8) is 0 Å². The summed E-state index contributed by atoms with van der Waals surface area (Å²) in [4.78, 5) is 0. The Morgan fingerprint density at radius 1 is 1.25 bits per heavy atom. The van der Waals surface area contributed by atoms with Gasteiger partial charge in [-0.25, -0.2) is 0 Å². The van der Waals surface area contributed by atoms with Gasteiger partial charge in [-0.3, -0.25) is 0 Å². The van der Waals surface area contributed by atoms with Crippen molar-refractivity contribution in [2.45, 2.75) is 47.0 Å². The second-order valence-electron chi connectivity index (χ2n) is 5.58. The largest absolute Gasteiger partial charge is 0.0622 e. The van der Waals surface area contributed by atoms with Crippen molar-refractivity contribution >= 4 is 0 Å². The van der Waals surface area contributed by atoms with E-state index in [4.69, 9.17) is 0 Å². The molecule has 0 aromatic rings. The fourth-order valence-corrected chi connectivity index (χ4v) is 3.91. The molecule has 12 heavy (non-hydrogen) atoms. The lowest BCUT2D eigenvalue weighted by Gasteiger charge is -2.43. The maximum Gasteiger partial charge on any atom is -0.0246 e. The lowest BCUT2D eigenvalue weighted by molar-refractivity contribution is 0.0571. The summed E-state index contributed by atoms with van der Waals surface area (Å²) in [5, 5.41) is 0. The van der Waals surface area contributed by atoms with E-state index < -0.39 is 0 Å². The average molecular weight is 166 g/mol. The van der Waals surface area contributed by atoms with E-state index in [2.05, 4.69) is 27.7 Å². The quantitative estimate of drug-likeness (QED) is 0.557. The van der Waals surface area contributed by atoms with Gasteiger partial charge >= 0.3 is 0 Å². The van der Waals surface area contributed by atoms with E-state index in [1.165, 1.54) is 19.3 Å². The van der Waals surface area contributed by atoms with E-state index in [0.717, 1.165) is 23.7 Å². The van der Waals surface area contributed by atoms with E-state index in [1.54, 1.807) is 0 Å². The Morgan fingerprint density at radius 3 is 2.25 bits per heavy atom. The van der Waals surface area contributed by atoms with Crippen LogP contribution in [0.2, 0.25) is 0 Å². The molecule has 2 saturated carbocycles. The van der Waals surface area contributed by atoms with Gasteiger partial charge in [-0.05, 0) is 48.3 Å². The third-order valence-electron chi connectivity index (χ3n) is 5.29. The molecule has 0 radical (unpaired) electrons. The van der Waals surface area contributed by atoms with Crippen LogP contribution < -0.4 is 0 Å². The van der Waals surface area contributed by atoms with Gasteiger partial charge in [0.1, 0.15) is 0 Å². The fourth-order valence-electron chi connectivity index (χ4n) is 3.91. The van der Waals surface area contributed by atoms with E-state index in [9.17, 15) is 0 Å². The average Bonchev–Trinajstić information content (AvgIpc) is 2.55. The van der Waals surface area contributed by atoms with Crippen LogP contribution in [0.5, 0.6) is 0 Å². The van der Waals surface area contributed by atoms with E-state index in [1.807, 2.05) is 0 Å². The molecule has 2 aliphatic carbocycles. The predicted octanol–water partition coefficient (Wildman–Crippen LogP) is 3.71. The Hall–Kier alpha value is 0. The van der Waals surface area contributed by atoms with Crippen LogP contribution in [0.15, 0.2) is 0 Å². The fraction of sp³-hybridized carbons (Fsp3) is 1.00. The van der Waals surface area contributed by atoms with Crippen LogP contribution >= 0.6 is 0 Å². The SMILES string of the molecule is CC(C)[C@@]1(C)[C@H]2CC[C@H](C2)[C@H]1C. The zero-order valence-electron chi connectivity index (χ0n) is 8.93. The van der Waals surface area contributed by atoms with Crippen molar-refractivity contribution < 1.29 is 0 Å². The molecule has 0 aromatic heterocycles. The van der Waals surface area contributed by atoms with E-state index in [0.29, 0.717) is 5.41 Å². The molecule has 0 amide bonds. The Labute approximate surface area is 76.7 Å². The van der Waals surface area contributed by atoms with E-state index in [-0.39, 0.29) is 0 Å². The third kappa shape index (κ3) is 0.843. The van der Waals surface area contributed by atoms with Crippen LogP contribution in [-0.2, 0) is 0 Å². The summed E-state index contributed by atoms with van der Waals surface area (Å²) in [5.74, 6) is 3.99. The summed E-state index contributed by atoms with van der Waals surface area (Å²) < 4.78 is 0. The van der Waals surface area contributed by atoms with Crippen LogP contribution in [0.25, 0.3) is 0 Å². The molecule has 2 fully saturated rings. The van der Waals surface area contributed by atoms with Crippen LogP contribution in [0.3, 0.4) is 0 Å². The second kappa shape index (κ2) is 2.49. The third-order valence-corrected chi connectivity index (χ3v) is 5.29. The van der Waals surface area contributed by atoms with Gasteiger partial charge in [0.05, 0.1) is 0 Å². The first kappa shape index (κ1) is 8.59. The van der Waals surface area contributed by atoms with Gasteiger partial charge in [-0.1, -0.05) is 27.7 Å². The van der Waals surface area contributed by atoms with Gasteiger partial charge in [0, 0.05) is 0 Å². The van der Waals surface area contributed by atoms with Gasteiger partial charge in [0.15, 0.2) is 0 Å². The number of rotatable bonds is 1. The van der Waals surface area contributed by atoms with Crippen LogP contribution in [0.1, 0.15) is 47.0 Å². The molecule has 0 heterocycles. The van der Waals surface area contributed by atoms with Gasteiger partial charge in [0.2, 0.25) is 0 Å². The smallest absolute Gasteiger partial charge is 0.0246 e. The minimum atomic E-state index is 0.670. The zero-order chi connectivity index (χ0) is 8.93. The highest BCUT2D eigenvalue weighted by Gasteiger charge is 2.54. The molecule has 0 heteroatoms. The maximum atomic E-state index is 2.53.